The largest absolute Gasteiger partial charge is 0.402 e. The maximum Gasteiger partial charge on any atom is 0.363 e. The number of ether oxygens (including phenoxy) is 1. The number of halogens is 2. The maximum atomic E-state index is 11.8. The molecule has 0 fully saturated rings. The number of benzene rings is 1. The summed E-state index contributed by atoms with van der Waals surface area (Å²) in [5.41, 5.74) is 0.751. The van der Waals surface area contributed by atoms with E-state index >= 15 is 0 Å². The second-order valence-electron chi connectivity index (χ2n) is 3.95. The monoisotopic (exact) mass is 323 g/mol. The Bertz CT molecular complexity index is 736. The first-order chi connectivity index (χ1) is 9.65. The molecule has 0 N–H and O–H groups in total. The number of thiophene rings is 1. The van der Waals surface area contributed by atoms with E-state index in [0.29, 0.717) is 15.6 Å². The molecular formula is C14H7Cl2NO2S. The minimum absolute atomic E-state index is 0.172. The molecule has 0 radical (unpaired) electrons. The van der Waals surface area contributed by atoms with Crippen molar-refractivity contribution in [1.29, 1.82) is 0 Å². The van der Waals surface area contributed by atoms with E-state index in [-0.39, 0.29) is 11.6 Å². The summed E-state index contributed by atoms with van der Waals surface area (Å²) in [6, 6.07) is 8.88. The van der Waals surface area contributed by atoms with Gasteiger partial charge in [-0.2, -0.15) is 0 Å². The second kappa shape index (κ2) is 5.40. The fourth-order valence-electron chi connectivity index (χ4n) is 1.70. The van der Waals surface area contributed by atoms with E-state index in [1.165, 1.54) is 11.3 Å². The zero-order chi connectivity index (χ0) is 14.1. The summed E-state index contributed by atoms with van der Waals surface area (Å²) in [4.78, 5) is 16.9. The highest BCUT2D eigenvalue weighted by Gasteiger charge is 2.26. The van der Waals surface area contributed by atoms with Crippen molar-refractivity contribution in [3.8, 4) is 0 Å². The lowest BCUT2D eigenvalue weighted by molar-refractivity contribution is -0.129. The van der Waals surface area contributed by atoms with Crippen LogP contribution in [0, 0.1) is 0 Å². The number of carbonyl (C=O) groups is 1. The third-order valence-corrected chi connectivity index (χ3v) is 4.26. The fourth-order valence-corrected chi connectivity index (χ4v) is 2.73. The highest BCUT2D eigenvalue weighted by atomic mass is 35.5. The lowest BCUT2D eigenvalue weighted by atomic mass is 10.2. The number of cyclic esters (lactones) is 1. The lowest BCUT2D eigenvalue weighted by Gasteiger charge is -2.03. The van der Waals surface area contributed by atoms with Crippen LogP contribution in [0.1, 0.15) is 10.4 Å². The maximum absolute atomic E-state index is 11.8. The Kier molecular flexibility index (Phi) is 3.61. The van der Waals surface area contributed by atoms with Crippen LogP contribution in [0.25, 0.3) is 6.08 Å². The van der Waals surface area contributed by atoms with Gasteiger partial charge in [0.15, 0.2) is 5.70 Å². The van der Waals surface area contributed by atoms with Crippen molar-refractivity contribution in [2.75, 3.05) is 0 Å². The van der Waals surface area contributed by atoms with Gasteiger partial charge in [0.2, 0.25) is 5.90 Å². The highest BCUT2D eigenvalue weighted by molar-refractivity contribution is 7.10. The summed E-state index contributed by atoms with van der Waals surface area (Å²) < 4.78 is 5.15. The number of hydrogen-bond donors (Lipinski definition) is 0. The van der Waals surface area contributed by atoms with Gasteiger partial charge in [-0.1, -0.05) is 35.3 Å². The van der Waals surface area contributed by atoms with Crippen LogP contribution in [0.4, 0.5) is 0 Å². The van der Waals surface area contributed by atoms with E-state index in [0.717, 1.165) is 4.88 Å². The normalized spacial score (nSPS) is 16.4. The van der Waals surface area contributed by atoms with Crippen LogP contribution in [-0.2, 0) is 9.53 Å². The molecule has 0 saturated heterocycles. The SMILES string of the molecule is O=C1OC(c2cccc(Cl)c2Cl)=N/C1=C\c1cccs1. The molecule has 6 heteroatoms. The summed E-state index contributed by atoms with van der Waals surface area (Å²) in [6.07, 6.45) is 1.68. The molecule has 0 saturated carbocycles. The first-order valence-corrected chi connectivity index (χ1v) is 7.29. The van der Waals surface area contributed by atoms with Crippen LogP contribution in [0.15, 0.2) is 46.4 Å². The van der Waals surface area contributed by atoms with Crippen LogP contribution in [0.5, 0.6) is 0 Å². The Morgan fingerprint density at radius 3 is 2.80 bits per heavy atom. The van der Waals surface area contributed by atoms with E-state index in [1.54, 1.807) is 24.3 Å². The topological polar surface area (TPSA) is 38.7 Å². The van der Waals surface area contributed by atoms with Gasteiger partial charge in [-0.25, -0.2) is 9.79 Å². The Morgan fingerprint density at radius 2 is 2.05 bits per heavy atom. The number of hydrogen-bond acceptors (Lipinski definition) is 4. The van der Waals surface area contributed by atoms with Gasteiger partial charge >= 0.3 is 5.97 Å². The molecular weight excluding hydrogens is 317 g/mol. The van der Waals surface area contributed by atoms with Crippen LogP contribution in [-0.4, -0.2) is 11.9 Å². The molecule has 100 valence electrons. The van der Waals surface area contributed by atoms with Crippen LogP contribution in [0.2, 0.25) is 10.0 Å². The summed E-state index contributed by atoms with van der Waals surface area (Å²) in [5, 5.41) is 2.63. The molecule has 2 aromatic rings. The number of carbonyl (C=O) groups excluding carboxylic acids is 1. The first-order valence-electron chi connectivity index (χ1n) is 5.65. The molecule has 1 aliphatic heterocycles. The molecule has 2 heterocycles. The first kappa shape index (κ1) is 13.4. The van der Waals surface area contributed by atoms with Crippen LogP contribution in [0.3, 0.4) is 0 Å². The predicted molar refractivity (Wildman–Crippen MR) is 81.4 cm³/mol. The molecule has 0 amide bonds. The Labute approximate surface area is 129 Å². The van der Waals surface area contributed by atoms with Crippen molar-refractivity contribution in [3.05, 3.63) is 61.9 Å². The zero-order valence-corrected chi connectivity index (χ0v) is 12.3. The predicted octanol–water partition coefficient (Wildman–Crippen LogP) is 4.40. The smallest absolute Gasteiger partial charge is 0.363 e. The van der Waals surface area contributed by atoms with Gasteiger partial charge in [0.1, 0.15) is 0 Å². The van der Waals surface area contributed by atoms with Crippen molar-refractivity contribution < 1.29 is 9.53 Å². The average molecular weight is 324 g/mol. The molecule has 3 nitrogen and oxygen atoms in total. The van der Waals surface area contributed by atoms with Crippen LogP contribution < -0.4 is 0 Å². The fraction of sp³-hybridized carbons (Fsp3) is 0. The van der Waals surface area contributed by atoms with E-state index in [9.17, 15) is 4.79 Å². The summed E-state index contributed by atoms with van der Waals surface area (Å²) >= 11 is 13.5. The molecule has 1 aromatic heterocycles. The minimum atomic E-state index is -0.496. The van der Waals surface area contributed by atoms with Gasteiger partial charge in [0.25, 0.3) is 0 Å². The molecule has 1 aliphatic rings. The van der Waals surface area contributed by atoms with Crippen molar-refractivity contribution in [3.63, 3.8) is 0 Å². The van der Waals surface area contributed by atoms with E-state index in [2.05, 4.69) is 4.99 Å². The van der Waals surface area contributed by atoms with Crippen LogP contribution >= 0.6 is 34.5 Å². The summed E-state index contributed by atoms with van der Waals surface area (Å²) in [7, 11) is 0. The van der Waals surface area contributed by atoms with E-state index < -0.39 is 5.97 Å². The van der Waals surface area contributed by atoms with Gasteiger partial charge in [0.05, 0.1) is 15.6 Å². The van der Waals surface area contributed by atoms with Crippen molar-refractivity contribution in [2.45, 2.75) is 0 Å². The molecule has 0 aliphatic carbocycles. The van der Waals surface area contributed by atoms with Crippen molar-refractivity contribution >= 4 is 52.5 Å². The number of esters is 1. The average Bonchev–Trinajstić information content (AvgIpc) is 3.04. The van der Waals surface area contributed by atoms with E-state index in [4.69, 9.17) is 27.9 Å². The number of nitrogens with zero attached hydrogens (tertiary/aromatic N) is 1. The molecule has 1 aromatic carbocycles. The molecule has 3 rings (SSSR count). The Hall–Kier alpha value is -1.62. The third-order valence-electron chi connectivity index (χ3n) is 2.62. The van der Waals surface area contributed by atoms with Gasteiger partial charge in [0, 0.05) is 4.88 Å². The summed E-state index contributed by atoms with van der Waals surface area (Å²) in [5.74, 6) is -0.324. The Balaban J connectivity index is 2.00. The summed E-state index contributed by atoms with van der Waals surface area (Å²) in [6.45, 7) is 0. The molecule has 0 bridgehead atoms. The highest BCUT2D eigenvalue weighted by Crippen LogP contribution is 2.29. The van der Waals surface area contributed by atoms with Gasteiger partial charge in [-0.05, 0) is 29.7 Å². The number of rotatable bonds is 2. The minimum Gasteiger partial charge on any atom is -0.402 e. The quantitative estimate of drug-likeness (QED) is 0.607. The van der Waals surface area contributed by atoms with Gasteiger partial charge in [-0.3, -0.25) is 0 Å². The number of aliphatic imine (C=N–C) groups is 1. The van der Waals surface area contributed by atoms with Gasteiger partial charge in [-0.15, -0.1) is 11.3 Å². The van der Waals surface area contributed by atoms with Crippen molar-refractivity contribution in [1.82, 2.24) is 0 Å². The third kappa shape index (κ3) is 2.50. The molecule has 0 spiro atoms. The Morgan fingerprint density at radius 1 is 1.20 bits per heavy atom. The second-order valence-corrected chi connectivity index (χ2v) is 5.72. The van der Waals surface area contributed by atoms with Crippen molar-refractivity contribution in [2.24, 2.45) is 4.99 Å². The van der Waals surface area contributed by atoms with Gasteiger partial charge < -0.3 is 4.74 Å². The standard InChI is InChI=1S/C14H7Cl2NO2S/c15-10-5-1-4-9(12(10)16)13-17-11(14(18)19-13)7-8-3-2-6-20-8/h1-7H/b11-7-. The lowest BCUT2D eigenvalue weighted by Crippen LogP contribution is -2.06. The van der Waals surface area contributed by atoms with E-state index in [1.807, 2.05) is 17.5 Å². The molecule has 0 atom stereocenters. The molecule has 0 unspecified atom stereocenters. The zero-order valence-electron chi connectivity index (χ0n) is 9.97. The molecule has 20 heavy (non-hydrogen) atoms.